The summed E-state index contributed by atoms with van der Waals surface area (Å²) in [6.07, 6.45) is 2.21. The Morgan fingerprint density at radius 1 is 1.33 bits per heavy atom. The number of aromatic nitrogens is 2. The van der Waals surface area contributed by atoms with E-state index in [0.29, 0.717) is 6.54 Å². The Morgan fingerprint density at radius 2 is 2.05 bits per heavy atom. The molecule has 2 rings (SSSR count). The largest absolute Gasteiger partial charge is 0.491 e. The summed E-state index contributed by atoms with van der Waals surface area (Å²) in [5.74, 6) is 0.773. The van der Waals surface area contributed by atoms with E-state index in [1.54, 1.807) is 4.68 Å². The van der Waals surface area contributed by atoms with Crippen LogP contribution in [0.25, 0.3) is 0 Å². The summed E-state index contributed by atoms with van der Waals surface area (Å²) in [5, 5.41) is 17.5. The average molecular weight is 289 g/mol. The van der Waals surface area contributed by atoms with Crippen LogP contribution in [-0.4, -0.2) is 34.1 Å². The van der Waals surface area contributed by atoms with Gasteiger partial charge in [0.05, 0.1) is 11.4 Å². The number of hydrogen-bond acceptors (Lipinski definition) is 4. The van der Waals surface area contributed by atoms with Crippen LogP contribution in [0.15, 0.2) is 30.5 Å². The molecule has 114 valence electrons. The molecule has 0 aliphatic heterocycles. The predicted molar refractivity (Wildman–Crippen MR) is 83.8 cm³/mol. The fourth-order valence-electron chi connectivity index (χ4n) is 2.06. The third kappa shape index (κ3) is 4.49. The van der Waals surface area contributed by atoms with Crippen LogP contribution in [0, 0.1) is 6.92 Å². The van der Waals surface area contributed by atoms with Crippen LogP contribution in [0.2, 0.25) is 0 Å². The van der Waals surface area contributed by atoms with E-state index in [1.807, 2.05) is 44.4 Å². The van der Waals surface area contributed by atoms with Crippen molar-refractivity contribution in [2.24, 2.45) is 7.05 Å². The molecule has 0 amide bonds. The van der Waals surface area contributed by atoms with E-state index in [9.17, 15) is 5.11 Å². The minimum Gasteiger partial charge on any atom is -0.491 e. The maximum absolute atomic E-state index is 9.98. The predicted octanol–water partition coefficient (Wildman–Crippen LogP) is 2.14. The number of aliphatic hydroxyl groups is 1. The summed E-state index contributed by atoms with van der Waals surface area (Å²) >= 11 is 0. The molecule has 0 aliphatic carbocycles. The van der Waals surface area contributed by atoms with E-state index in [2.05, 4.69) is 17.3 Å². The van der Waals surface area contributed by atoms with Crippen molar-refractivity contribution in [2.75, 3.05) is 18.5 Å². The Bertz CT molecular complexity index is 563. The Morgan fingerprint density at radius 3 is 2.71 bits per heavy atom. The van der Waals surface area contributed by atoms with E-state index in [1.165, 1.54) is 5.56 Å². The van der Waals surface area contributed by atoms with E-state index >= 15 is 0 Å². The molecule has 2 N–H and O–H groups in total. The minimum atomic E-state index is -0.573. The van der Waals surface area contributed by atoms with Crippen LogP contribution in [-0.2, 0) is 13.5 Å². The number of aliphatic hydroxyl groups excluding tert-OH is 1. The van der Waals surface area contributed by atoms with Crippen molar-refractivity contribution in [3.8, 4) is 5.75 Å². The highest BCUT2D eigenvalue weighted by molar-refractivity contribution is 5.46. The molecule has 0 aliphatic rings. The lowest BCUT2D eigenvalue weighted by Gasteiger charge is -2.14. The quantitative estimate of drug-likeness (QED) is 0.820. The van der Waals surface area contributed by atoms with Gasteiger partial charge in [-0.1, -0.05) is 24.6 Å². The molecular weight excluding hydrogens is 266 g/mol. The van der Waals surface area contributed by atoms with E-state index < -0.39 is 6.10 Å². The van der Waals surface area contributed by atoms with E-state index in [4.69, 9.17) is 4.74 Å². The van der Waals surface area contributed by atoms with Crippen molar-refractivity contribution in [1.82, 2.24) is 9.78 Å². The van der Waals surface area contributed by atoms with Crippen LogP contribution in [0.1, 0.15) is 18.2 Å². The summed E-state index contributed by atoms with van der Waals surface area (Å²) < 4.78 is 7.34. The van der Waals surface area contributed by atoms with E-state index in [-0.39, 0.29) is 6.61 Å². The van der Waals surface area contributed by atoms with E-state index in [0.717, 1.165) is 23.6 Å². The highest BCUT2D eigenvalue weighted by atomic mass is 16.5. The number of benzene rings is 1. The van der Waals surface area contributed by atoms with Crippen molar-refractivity contribution >= 4 is 5.69 Å². The van der Waals surface area contributed by atoms with Crippen molar-refractivity contribution in [3.63, 3.8) is 0 Å². The second kappa shape index (κ2) is 7.13. The molecule has 5 nitrogen and oxygen atoms in total. The third-order valence-corrected chi connectivity index (χ3v) is 3.23. The van der Waals surface area contributed by atoms with Gasteiger partial charge in [-0.25, -0.2) is 0 Å². The molecule has 0 spiro atoms. The second-order valence-electron chi connectivity index (χ2n) is 5.18. The Hall–Kier alpha value is -2.01. The third-order valence-electron chi connectivity index (χ3n) is 3.23. The van der Waals surface area contributed by atoms with Gasteiger partial charge in [-0.05, 0) is 25.5 Å². The Labute approximate surface area is 125 Å². The molecule has 1 atom stereocenters. The zero-order valence-corrected chi connectivity index (χ0v) is 12.8. The SMILES string of the molecule is CCc1nn(C)cc1NCC(O)COc1ccc(C)cc1. The van der Waals surface area contributed by atoms with Gasteiger partial charge in [0.1, 0.15) is 18.5 Å². The Kier molecular flexibility index (Phi) is 5.22. The zero-order chi connectivity index (χ0) is 15.2. The first-order chi connectivity index (χ1) is 10.1. The standard InChI is InChI=1S/C16H23N3O2/c1-4-15-16(10-19(3)18-15)17-9-13(20)11-21-14-7-5-12(2)6-8-14/h5-8,10,13,17,20H,4,9,11H2,1-3H3. The van der Waals surface area contributed by atoms with Gasteiger partial charge in [0.15, 0.2) is 0 Å². The fraction of sp³-hybridized carbons (Fsp3) is 0.438. The first-order valence-electron chi connectivity index (χ1n) is 7.22. The van der Waals surface area contributed by atoms with Gasteiger partial charge in [-0.15, -0.1) is 0 Å². The van der Waals surface area contributed by atoms with Gasteiger partial charge in [0.25, 0.3) is 0 Å². The summed E-state index contributed by atoms with van der Waals surface area (Å²) in [5.41, 5.74) is 3.16. The lowest BCUT2D eigenvalue weighted by atomic mass is 10.2. The molecule has 1 aromatic heterocycles. The number of rotatable bonds is 7. The monoisotopic (exact) mass is 289 g/mol. The summed E-state index contributed by atoms with van der Waals surface area (Å²) in [7, 11) is 1.89. The Balaban J connectivity index is 1.79. The molecule has 0 saturated heterocycles. The second-order valence-corrected chi connectivity index (χ2v) is 5.18. The normalized spacial score (nSPS) is 12.2. The van der Waals surface area contributed by atoms with Crippen molar-refractivity contribution in [3.05, 3.63) is 41.7 Å². The number of hydrogen-bond donors (Lipinski definition) is 2. The minimum absolute atomic E-state index is 0.262. The molecule has 0 fully saturated rings. The molecule has 1 unspecified atom stereocenters. The first-order valence-corrected chi connectivity index (χ1v) is 7.22. The molecular formula is C16H23N3O2. The molecule has 5 heteroatoms. The molecule has 0 bridgehead atoms. The number of nitrogens with one attached hydrogen (secondary N) is 1. The van der Waals surface area contributed by atoms with Crippen molar-refractivity contribution in [2.45, 2.75) is 26.4 Å². The summed E-state index contributed by atoms with van der Waals surface area (Å²) in [6.45, 7) is 4.79. The van der Waals surface area contributed by atoms with Gasteiger partial charge in [-0.2, -0.15) is 5.10 Å². The molecule has 0 radical (unpaired) electrons. The molecule has 21 heavy (non-hydrogen) atoms. The van der Waals surface area contributed by atoms with Gasteiger partial charge >= 0.3 is 0 Å². The number of ether oxygens (including phenoxy) is 1. The maximum atomic E-state index is 9.98. The fourth-order valence-corrected chi connectivity index (χ4v) is 2.06. The molecule has 2 aromatic rings. The number of nitrogens with zero attached hydrogens (tertiary/aromatic N) is 2. The van der Waals surface area contributed by atoms with Crippen LogP contribution in [0.5, 0.6) is 5.75 Å². The maximum Gasteiger partial charge on any atom is 0.119 e. The number of anilines is 1. The van der Waals surface area contributed by atoms with Crippen LogP contribution < -0.4 is 10.1 Å². The zero-order valence-electron chi connectivity index (χ0n) is 12.8. The lowest BCUT2D eigenvalue weighted by Crippen LogP contribution is -2.26. The number of aryl methyl sites for hydroxylation is 3. The average Bonchev–Trinajstić information content (AvgIpc) is 2.84. The highest BCUT2D eigenvalue weighted by Gasteiger charge is 2.09. The van der Waals surface area contributed by atoms with Gasteiger partial charge in [-0.3, -0.25) is 4.68 Å². The summed E-state index contributed by atoms with van der Waals surface area (Å²) in [4.78, 5) is 0. The first kappa shape index (κ1) is 15.4. The summed E-state index contributed by atoms with van der Waals surface area (Å²) in [6, 6.07) is 7.80. The highest BCUT2D eigenvalue weighted by Crippen LogP contribution is 2.14. The van der Waals surface area contributed by atoms with Gasteiger partial charge in [0, 0.05) is 19.8 Å². The van der Waals surface area contributed by atoms with Crippen molar-refractivity contribution < 1.29 is 9.84 Å². The topological polar surface area (TPSA) is 59.3 Å². The molecule has 1 heterocycles. The van der Waals surface area contributed by atoms with Crippen LogP contribution in [0.4, 0.5) is 5.69 Å². The molecule has 1 aromatic carbocycles. The van der Waals surface area contributed by atoms with Gasteiger partial charge < -0.3 is 15.2 Å². The van der Waals surface area contributed by atoms with Gasteiger partial charge in [0.2, 0.25) is 0 Å². The molecule has 0 saturated carbocycles. The smallest absolute Gasteiger partial charge is 0.119 e. The van der Waals surface area contributed by atoms with Crippen LogP contribution >= 0.6 is 0 Å². The van der Waals surface area contributed by atoms with Crippen molar-refractivity contribution in [1.29, 1.82) is 0 Å². The lowest BCUT2D eigenvalue weighted by molar-refractivity contribution is 0.117. The van der Waals surface area contributed by atoms with Crippen LogP contribution in [0.3, 0.4) is 0 Å².